The van der Waals surface area contributed by atoms with Crippen LogP contribution in [0.3, 0.4) is 0 Å². The Bertz CT molecular complexity index is 383. The third kappa shape index (κ3) is 3.09. The smallest absolute Gasteiger partial charge is 0.123 e. The van der Waals surface area contributed by atoms with E-state index in [-0.39, 0.29) is 5.82 Å². The Morgan fingerprint density at radius 3 is 3.06 bits per heavy atom. The number of halogens is 1. The fraction of sp³-hybridized carbons (Fsp3) is 0.600. The van der Waals surface area contributed by atoms with E-state index in [2.05, 4.69) is 12.2 Å². The average molecular weight is 251 g/mol. The quantitative estimate of drug-likeness (QED) is 0.888. The van der Waals surface area contributed by atoms with Crippen molar-refractivity contribution in [3.05, 3.63) is 35.6 Å². The monoisotopic (exact) mass is 251 g/mol. The molecule has 1 aromatic carbocycles. The molecule has 1 aliphatic heterocycles. The van der Waals surface area contributed by atoms with E-state index in [0.717, 1.165) is 31.7 Å². The van der Waals surface area contributed by atoms with Crippen LogP contribution < -0.4 is 5.32 Å². The van der Waals surface area contributed by atoms with Crippen molar-refractivity contribution in [1.82, 2.24) is 5.32 Å². The molecule has 1 saturated heterocycles. The second-order valence-electron chi connectivity index (χ2n) is 5.25. The molecule has 0 amide bonds. The molecule has 2 rings (SSSR count). The lowest BCUT2D eigenvalue weighted by Gasteiger charge is -2.36. The van der Waals surface area contributed by atoms with Gasteiger partial charge in [0.25, 0.3) is 0 Å². The molecule has 1 fully saturated rings. The highest BCUT2D eigenvalue weighted by atomic mass is 19.1. The summed E-state index contributed by atoms with van der Waals surface area (Å²) in [5, 5.41) is 3.42. The van der Waals surface area contributed by atoms with Crippen molar-refractivity contribution in [1.29, 1.82) is 0 Å². The molecule has 3 atom stereocenters. The molecule has 2 nitrogen and oxygen atoms in total. The molecule has 18 heavy (non-hydrogen) atoms. The topological polar surface area (TPSA) is 21.3 Å². The summed E-state index contributed by atoms with van der Waals surface area (Å²) in [4.78, 5) is 0. The van der Waals surface area contributed by atoms with E-state index in [1.54, 1.807) is 19.2 Å². The van der Waals surface area contributed by atoms with Gasteiger partial charge in [0.1, 0.15) is 5.82 Å². The van der Waals surface area contributed by atoms with Crippen LogP contribution in [-0.4, -0.2) is 26.8 Å². The predicted molar refractivity (Wildman–Crippen MR) is 71.2 cm³/mol. The number of rotatable bonds is 4. The van der Waals surface area contributed by atoms with E-state index in [9.17, 15) is 4.39 Å². The van der Waals surface area contributed by atoms with Gasteiger partial charge in [0.05, 0.1) is 0 Å². The molecule has 3 unspecified atom stereocenters. The molecule has 1 aromatic rings. The van der Waals surface area contributed by atoms with Gasteiger partial charge in [-0.05, 0) is 48.4 Å². The fourth-order valence-corrected chi connectivity index (χ4v) is 3.05. The van der Waals surface area contributed by atoms with Crippen molar-refractivity contribution < 1.29 is 9.13 Å². The van der Waals surface area contributed by atoms with Crippen molar-refractivity contribution >= 4 is 0 Å². The number of hydrogen-bond acceptors (Lipinski definition) is 2. The van der Waals surface area contributed by atoms with Crippen LogP contribution in [0.4, 0.5) is 4.39 Å². The zero-order valence-corrected chi connectivity index (χ0v) is 11.2. The second kappa shape index (κ2) is 6.30. The predicted octanol–water partition coefficient (Wildman–Crippen LogP) is 2.80. The van der Waals surface area contributed by atoms with Crippen LogP contribution in [0.1, 0.15) is 24.8 Å². The Kier molecular flexibility index (Phi) is 4.72. The first-order valence-corrected chi connectivity index (χ1v) is 6.67. The van der Waals surface area contributed by atoms with Gasteiger partial charge in [-0.1, -0.05) is 19.1 Å². The maximum absolute atomic E-state index is 13.4. The highest BCUT2D eigenvalue weighted by Crippen LogP contribution is 2.34. The normalized spacial score (nSPS) is 25.9. The van der Waals surface area contributed by atoms with Gasteiger partial charge >= 0.3 is 0 Å². The largest absolute Gasteiger partial charge is 0.384 e. The number of nitrogens with one attached hydrogen (secondary N) is 1. The van der Waals surface area contributed by atoms with Crippen LogP contribution in [0, 0.1) is 17.7 Å². The lowest BCUT2D eigenvalue weighted by Crippen LogP contribution is -2.38. The maximum Gasteiger partial charge on any atom is 0.123 e. The van der Waals surface area contributed by atoms with Crippen LogP contribution in [0.5, 0.6) is 0 Å². The lowest BCUT2D eigenvalue weighted by molar-refractivity contribution is 0.107. The van der Waals surface area contributed by atoms with Crippen LogP contribution >= 0.6 is 0 Å². The summed E-state index contributed by atoms with van der Waals surface area (Å²) in [7, 11) is 1.74. The molecular weight excluding hydrogens is 229 g/mol. The van der Waals surface area contributed by atoms with Gasteiger partial charge in [-0.25, -0.2) is 4.39 Å². The van der Waals surface area contributed by atoms with Crippen molar-refractivity contribution in [2.75, 3.05) is 26.8 Å². The van der Waals surface area contributed by atoms with Crippen LogP contribution in [0.25, 0.3) is 0 Å². The molecule has 100 valence electrons. The Hall–Kier alpha value is -0.930. The van der Waals surface area contributed by atoms with Crippen molar-refractivity contribution in [2.45, 2.75) is 19.3 Å². The first-order valence-electron chi connectivity index (χ1n) is 6.67. The summed E-state index contributed by atoms with van der Waals surface area (Å²) in [5.41, 5.74) is 1.11. The minimum atomic E-state index is -0.142. The fourth-order valence-electron chi connectivity index (χ4n) is 3.05. The number of ether oxygens (including phenoxy) is 1. The Morgan fingerprint density at radius 2 is 2.33 bits per heavy atom. The number of piperidine rings is 1. The molecule has 0 radical (unpaired) electrons. The van der Waals surface area contributed by atoms with Crippen LogP contribution in [0.15, 0.2) is 24.3 Å². The Balaban J connectivity index is 2.17. The van der Waals surface area contributed by atoms with Gasteiger partial charge < -0.3 is 10.1 Å². The molecule has 0 spiro atoms. The molecule has 1 aliphatic rings. The Morgan fingerprint density at radius 1 is 1.50 bits per heavy atom. The van der Waals surface area contributed by atoms with E-state index in [0.29, 0.717) is 17.8 Å². The molecule has 1 N–H and O–H groups in total. The van der Waals surface area contributed by atoms with Gasteiger partial charge in [0.2, 0.25) is 0 Å². The lowest BCUT2D eigenvalue weighted by atomic mass is 9.75. The van der Waals surface area contributed by atoms with Gasteiger partial charge in [0, 0.05) is 20.3 Å². The third-order valence-electron chi connectivity index (χ3n) is 3.97. The van der Waals surface area contributed by atoms with Crippen LogP contribution in [-0.2, 0) is 4.74 Å². The summed E-state index contributed by atoms with van der Waals surface area (Å²) < 4.78 is 18.6. The standard InChI is InChI=1S/C15H22FNO/c1-11(10-18-2)14-6-7-17-9-15(14)12-4-3-5-13(16)8-12/h3-5,8,11,14-15,17H,6-7,9-10H2,1-2H3. The molecule has 0 aliphatic carbocycles. The SMILES string of the molecule is COCC(C)C1CCNCC1c1cccc(F)c1. The van der Waals surface area contributed by atoms with Crippen LogP contribution in [0.2, 0.25) is 0 Å². The summed E-state index contributed by atoms with van der Waals surface area (Å²) in [6, 6.07) is 7.02. The molecule has 0 saturated carbocycles. The molecule has 3 heteroatoms. The van der Waals surface area contributed by atoms with Gasteiger partial charge in [-0.15, -0.1) is 0 Å². The van der Waals surface area contributed by atoms with E-state index < -0.39 is 0 Å². The molecule has 1 heterocycles. The number of hydrogen-bond donors (Lipinski definition) is 1. The number of methoxy groups -OCH3 is 1. The van der Waals surface area contributed by atoms with Gasteiger partial charge in [-0.2, -0.15) is 0 Å². The van der Waals surface area contributed by atoms with Gasteiger partial charge in [0.15, 0.2) is 0 Å². The minimum absolute atomic E-state index is 0.142. The van der Waals surface area contributed by atoms with E-state index >= 15 is 0 Å². The molecular formula is C15H22FNO. The molecule has 0 bridgehead atoms. The zero-order chi connectivity index (χ0) is 13.0. The van der Waals surface area contributed by atoms with E-state index in [1.165, 1.54) is 6.07 Å². The number of benzene rings is 1. The van der Waals surface area contributed by atoms with E-state index in [4.69, 9.17) is 4.74 Å². The first kappa shape index (κ1) is 13.5. The van der Waals surface area contributed by atoms with Crippen molar-refractivity contribution in [3.63, 3.8) is 0 Å². The van der Waals surface area contributed by atoms with E-state index in [1.807, 2.05) is 6.07 Å². The summed E-state index contributed by atoms with van der Waals surface area (Å²) >= 11 is 0. The minimum Gasteiger partial charge on any atom is -0.384 e. The first-order chi connectivity index (χ1) is 8.72. The third-order valence-corrected chi connectivity index (χ3v) is 3.97. The second-order valence-corrected chi connectivity index (χ2v) is 5.25. The summed E-state index contributed by atoms with van der Waals surface area (Å²) in [6.45, 7) is 4.98. The highest BCUT2D eigenvalue weighted by molar-refractivity contribution is 5.22. The summed E-state index contributed by atoms with van der Waals surface area (Å²) in [6.07, 6.45) is 1.13. The summed E-state index contributed by atoms with van der Waals surface area (Å²) in [5.74, 6) is 1.31. The zero-order valence-electron chi connectivity index (χ0n) is 11.2. The van der Waals surface area contributed by atoms with Gasteiger partial charge in [-0.3, -0.25) is 0 Å². The molecule has 0 aromatic heterocycles. The van der Waals surface area contributed by atoms with Crippen molar-refractivity contribution in [3.8, 4) is 0 Å². The maximum atomic E-state index is 13.4. The Labute approximate surface area is 109 Å². The average Bonchev–Trinajstić information content (AvgIpc) is 2.39. The van der Waals surface area contributed by atoms with Crippen molar-refractivity contribution in [2.24, 2.45) is 11.8 Å². The highest BCUT2D eigenvalue weighted by Gasteiger charge is 2.30.